The monoisotopic (exact) mass is 328 g/mol. The molecule has 1 saturated heterocycles. The molecule has 0 radical (unpaired) electrons. The van der Waals surface area contributed by atoms with E-state index in [1.807, 2.05) is 25.1 Å². The van der Waals surface area contributed by atoms with E-state index < -0.39 is 6.10 Å². The van der Waals surface area contributed by atoms with Gasteiger partial charge in [-0.1, -0.05) is 22.9 Å². The highest BCUT2D eigenvalue weighted by molar-refractivity contribution is 9.10. The summed E-state index contributed by atoms with van der Waals surface area (Å²) in [5, 5.41) is 10.7. The number of rotatable bonds is 5. The summed E-state index contributed by atoms with van der Waals surface area (Å²) >= 11 is 3.46. The van der Waals surface area contributed by atoms with Crippen molar-refractivity contribution in [3.8, 4) is 5.75 Å². The van der Waals surface area contributed by atoms with E-state index in [9.17, 15) is 5.11 Å². The van der Waals surface area contributed by atoms with Crippen LogP contribution in [0, 0.1) is 5.92 Å². The minimum atomic E-state index is -0.536. The highest BCUT2D eigenvalue weighted by atomic mass is 79.9. The van der Waals surface area contributed by atoms with E-state index in [-0.39, 0.29) is 12.0 Å². The van der Waals surface area contributed by atoms with Gasteiger partial charge >= 0.3 is 0 Å². The Kier molecular flexibility index (Phi) is 5.25. The lowest BCUT2D eigenvalue weighted by atomic mass is 9.88. The average Bonchev–Trinajstić information content (AvgIpc) is 2.88. The number of benzene rings is 1. The van der Waals surface area contributed by atoms with Gasteiger partial charge in [-0.25, -0.2) is 0 Å². The van der Waals surface area contributed by atoms with Crippen LogP contribution in [0.4, 0.5) is 0 Å². The Bertz CT molecular complexity index is 422. The molecule has 0 aromatic heterocycles. The van der Waals surface area contributed by atoms with Gasteiger partial charge < -0.3 is 14.6 Å². The van der Waals surface area contributed by atoms with Gasteiger partial charge in [0.1, 0.15) is 5.75 Å². The second kappa shape index (κ2) is 6.73. The van der Waals surface area contributed by atoms with Crippen LogP contribution in [0.15, 0.2) is 22.7 Å². The molecule has 0 saturated carbocycles. The molecule has 3 nitrogen and oxygen atoms in total. The molecule has 3 unspecified atom stereocenters. The number of aliphatic hydroxyl groups excluding tert-OH is 1. The summed E-state index contributed by atoms with van der Waals surface area (Å²) in [5.41, 5.74) is 0.852. The molecule has 1 aromatic rings. The van der Waals surface area contributed by atoms with Crippen LogP contribution in [0.5, 0.6) is 5.75 Å². The zero-order valence-corrected chi connectivity index (χ0v) is 13.0. The summed E-state index contributed by atoms with van der Waals surface area (Å²) in [6.07, 6.45) is 1.44. The zero-order chi connectivity index (χ0) is 13.8. The molecule has 0 aliphatic carbocycles. The van der Waals surface area contributed by atoms with E-state index in [0.717, 1.165) is 35.2 Å². The van der Waals surface area contributed by atoms with Crippen molar-refractivity contribution in [2.45, 2.75) is 38.9 Å². The summed E-state index contributed by atoms with van der Waals surface area (Å²) < 4.78 is 12.3. The Hall–Kier alpha value is -0.580. The molecule has 3 atom stereocenters. The van der Waals surface area contributed by atoms with Crippen molar-refractivity contribution >= 4 is 15.9 Å². The fourth-order valence-corrected chi connectivity index (χ4v) is 3.09. The van der Waals surface area contributed by atoms with Gasteiger partial charge in [-0.05, 0) is 38.0 Å². The van der Waals surface area contributed by atoms with Crippen molar-refractivity contribution in [2.75, 3.05) is 13.2 Å². The number of hydrogen-bond acceptors (Lipinski definition) is 3. The maximum atomic E-state index is 10.7. The lowest BCUT2D eigenvalue weighted by Gasteiger charge is -2.24. The number of aliphatic hydroxyl groups is 1. The molecule has 1 aliphatic heterocycles. The van der Waals surface area contributed by atoms with Crippen LogP contribution < -0.4 is 4.74 Å². The number of ether oxygens (including phenoxy) is 2. The van der Waals surface area contributed by atoms with Crippen LogP contribution in [-0.4, -0.2) is 24.4 Å². The normalized spacial score (nSPS) is 24.4. The molecular weight excluding hydrogens is 308 g/mol. The first-order valence-corrected chi connectivity index (χ1v) is 7.68. The summed E-state index contributed by atoms with van der Waals surface area (Å²) in [5.74, 6) is 0.915. The van der Waals surface area contributed by atoms with Crippen LogP contribution >= 0.6 is 15.9 Å². The Morgan fingerprint density at radius 2 is 2.26 bits per heavy atom. The first-order chi connectivity index (χ1) is 9.17. The molecule has 1 heterocycles. The SMILES string of the molecule is CCOc1ccc(Br)cc1C(O)C1CCOC1CC. The standard InChI is InChI=1S/C15H21BrO3/c1-3-13-11(7-8-19-13)15(17)12-9-10(16)5-6-14(12)18-4-2/h5-6,9,11,13,15,17H,3-4,7-8H2,1-2H3. The summed E-state index contributed by atoms with van der Waals surface area (Å²) in [4.78, 5) is 0. The Morgan fingerprint density at radius 1 is 1.47 bits per heavy atom. The fourth-order valence-electron chi connectivity index (χ4n) is 2.71. The predicted molar refractivity (Wildman–Crippen MR) is 78.4 cm³/mol. The molecule has 1 aromatic carbocycles. The molecule has 106 valence electrons. The number of halogens is 1. The predicted octanol–water partition coefficient (Wildman–Crippen LogP) is 3.70. The smallest absolute Gasteiger partial charge is 0.125 e. The molecule has 1 aliphatic rings. The van der Waals surface area contributed by atoms with E-state index >= 15 is 0 Å². The highest BCUT2D eigenvalue weighted by Gasteiger charge is 2.34. The van der Waals surface area contributed by atoms with Crippen molar-refractivity contribution in [3.63, 3.8) is 0 Å². The first-order valence-electron chi connectivity index (χ1n) is 6.89. The minimum Gasteiger partial charge on any atom is -0.493 e. The van der Waals surface area contributed by atoms with Gasteiger partial charge in [0.05, 0.1) is 18.8 Å². The van der Waals surface area contributed by atoms with Crippen LogP contribution in [0.2, 0.25) is 0 Å². The second-order valence-electron chi connectivity index (χ2n) is 4.83. The lowest BCUT2D eigenvalue weighted by molar-refractivity contribution is 0.0295. The summed E-state index contributed by atoms with van der Waals surface area (Å²) in [7, 11) is 0. The average molecular weight is 329 g/mol. The third kappa shape index (κ3) is 3.30. The maximum Gasteiger partial charge on any atom is 0.125 e. The molecule has 0 amide bonds. The van der Waals surface area contributed by atoms with Crippen molar-refractivity contribution in [3.05, 3.63) is 28.2 Å². The van der Waals surface area contributed by atoms with Crippen molar-refractivity contribution < 1.29 is 14.6 Å². The highest BCUT2D eigenvalue weighted by Crippen LogP contribution is 2.39. The van der Waals surface area contributed by atoms with Gasteiger partial charge in [-0.3, -0.25) is 0 Å². The van der Waals surface area contributed by atoms with Gasteiger partial charge in [0.15, 0.2) is 0 Å². The maximum absolute atomic E-state index is 10.7. The van der Waals surface area contributed by atoms with Crippen molar-refractivity contribution in [1.29, 1.82) is 0 Å². The van der Waals surface area contributed by atoms with Gasteiger partial charge in [-0.15, -0.1) is 0 Å². The van der Waals surface area contributed by atoms with Crippen LogP contribution in [0.25, 0.3) is 0 Å². The summed E-state index contributed by atoms with van der Waals surface area (Å²) in [6.45, 7) is 5.38. The number of hydrogen-bond donors (Lipinski definition) is 1. The third-order valence-electron chi connectivity index (χ3n) is 3.66. The molecule has 19 heavy (non-hydrogen) atoms. The molecule has 1 fully saturated rings. The van der Waals surface area contributed by atoms with Gasteiger partial charge in [0, 0.05) is 22.6 Å². The van der Waals surface area contributed by atoms with E-state index in [2.05, 4.69) is 22.9 Å². The van der Waals surface area contributed by atoms with Crippen LogP contribution in [0.1, 0.15) is 38.4 Å². The molecule has 0 spiro atoms. The topological polar surface area (TPSA) is 38.7 Å². The van der Waals surface area contributed by atoms with Gasteiger partial charge in [0.25, 0.3) is 0 Å². The fraction of sp³-hybridized carbons (Fsp3) is 0.600. The quantitative estimate of drug-likeness (QED) is 0.895. The molecular formula is C15H21BrO3. The van der Waals surface area contributed by atoms with Crippen LogP contribution in [0.3, 0.4) is 0 Å². The first kappa shape index (κ1) is 14.8. The second-order valence-corrected chi connectivity index (χ2v) is 5.75. The Balaban J connectivity index is 2.26. The van der Waals surface area contributed by atoms with E-state index in [0.29, 0.717) is 6.61 Å². The molecule has 0 bridgehead atoms. The van der Waals surface area contributed by atoms with Crippen molar-refractivity contribution in [2.24, 2.45) is 5.92 Å². The molecule has 4 heteroatoms. The summed E-state index contributed by atoms with van der Waals surface area (Å²) in [6, 6.07) is 5.78. The zero-order valence-electron chi connectivity index (χ0n) is 11.4. The lowest BCUT2D eigenvalue weighted by Crippen LogP contribution is -2.22. The van der Waals surface area contributed by atoms with Gasteiger partial charge in [0.2, 0.25) is 0 Å². The Morgan fingerprint density at radius 3 is 2.95 bits per heavy atom. The van der Waals surface area contributed by atoms with E-state index in [4.69, 9.17) is 9.47 Å². The molecule has 2 rings (SSSR count). The van der Waals surface area contributed by atoms with Crippen molar-refractivity contribution in [1.82, 2.24) is 0 Å². The Labute approximate surface area is 123 Å². The molecule has 1 N–H and O–H groups in total. The minimum absolute atomic E-state index is 0.142. The third-order valence-corrected chi connectivity index (χ3v) is 4.15. The van der Waals surface area contributed by atoms with E-state index in [1.54, 1.807) is 0 Å². The van der Waals surface area contributed by atoms with Gasteiger partial charge in [-0.2, -0.15) is 0 Å². The largest absolute Gasteiger partial charge is 0.493 e. The van der Waals surface area contributed by atoms with Crippen LogP contribution in [-0.2, 0) is 4.74 Å². The van der Waals surface area contributed by atoms with E-state index in [1.165, 1.54) is 0 Å².